The quantitative estimate of drug-likeness (QED) is 0.540. The van der Waals surface area contributed by atoms with Crippen LogP contribution in [-0.4, -0.2) is 15.0 Å². The zero-order valence-electron chi connectivity index (χ0n) is 12.4. The van der Waals surface area contributed by atoms with Crippen LogP contribution in [0.3, 0.4) is 0 Å². The molecule has 0 N–H and O–H groups in total. The molecule has 24 heavy (non-hydrogen) atoms. The van der Waals surface area contributed by atoms with Crippen LogP contribution in [0.5, 0.6) is 0 Å². The van der Waals surface area contributed by atoms with Gasteiger partial charge in [0.15, 0.2) is 17.5 Å². The zero-order chi connectivity index (χ0) is 16.5. The molecular formula is C19H11F2N3. The third-order valence-electron chi connectivity index (χ3n) is 3.73. The maximum absolute atomic E-state index is 13.7. The van der Waals surface area contributed by atoms with Crippen molar-refractivity contribution in [2.45, 2.75) is 0 Å². The van der Waals surface area contributed by atoms with Crippen molar-refractivity contribution in [1.29, 1.82) is 0 Å². The molecule has 3 nitrogen and oxygen atoms in total. The van der Waals surface area contributed by atoms with Crippen molar-refractivity contribution in [3.8, 4) is 22.6 Å². The summed E-state index contributed by atoms with van der Waals surface area (Å²) in [6, 6.07) is 14.9. The fourth-order valence-electron chi connectivity index (χ4n) is 2.57. The predicted octanol–water partition coefficient (Wildman–Crippen LogP) is 4.64. The van der Waals surface area contributed by atoms with Crippen molar-refractivity contribution >= 4 is 10.9 Å². The Balaban J connectivity index is 2.01. The molecule has 4 rings (SSSR count). The van der Waals surface area contributed by atoms with Gasteiger partial charge in [0.25, 0.3) is 0 Å². The highest BCUT2D eigenvalue weighted by Crippen LogP contribution is 2.29. The van der Waals surface area contributed by atoms with E-state index in [9.17, 15) is 8.78 Å². The lowest BCUT2D eigenvalue weighted by Gasteiger charge is -2.09. The molecule has 0 bridgehead atoms. The second kappa shape index (κ2) is 5.77. The van der Waals surface area contributed by atoms with Gasteiger partial charge in [-0.1, -0.05) is 18.2 Å². The number of rotatable bonds is 2. The Morgan fingerprint density at radius 2 is 1.50 bits per heavy atom. The third-order valence-corrected chi connectivity index (χ3v) is 3.73. The molecule has 0 saturated heterocycles. The second-order valence-corrected chi connectivity index (χ2v) is 5.28. The van der Waals surface area contributed by atoms with Crippen LogP contribution in [0.1, 0.15) is 0 Å². The molecule has 0 aliphatic rings. The maximum atomic E-state index is 13.7. The van der Waals surface area contributed by atoms with E-state index in [4.69, 9.17) is 0 Å². The lowest BCUT2D eigenvalue weighted by Crippen LogP contribution is -1.96. The number of aromatic nitrogens is 3. The molecule has 0 saturated carbocycles. The summed E-state index contributed by atoms with van der Waals surface area (Å²) in [5, 5.41) is 0.779. The summed E-state index contributed by atoms with van der Waals surface area (Å²) in [5.74, 6) is -1.28. The summed E-state index contributed by atoms with van der Waals surface area (Å²) in [6.45, 7) is 0. The lowest BCUT2D eigenvalue weighted by atomic mass is 10.1. The Bertz CT molecular complexity index is 1030. The van der Waals surface area contributed by atoms with Gasteiger partial charge >= 0.3 is 0 Å². The van der Waals surface area contributed by atoms with E-state index >= 15 is 0 Å². The SMILES string of the molecule is Fc1ccc(-c2nc(-c3ccncc3)nc3ccccc23)cc1F. The van der Waals surface area contributed by atoms with Crippen molar-refractivity contribution in [2.24, 2.45) is 0 Å². The zero-order valence-corrected chi connectivity index (χ0v) is 12.4. The van der Waals surface area contributed by atoms with Gasteiger partial charge in [0.1, 0.15) is 0 Å². The molecule has 2 aromatic heterocycles. The van der Waals surface area contributed by atoms with Crippen LogP contribution in [0, 0.1) is 11.6 Å². The molecule has 0 amide bonds. The first-order valence-electron chi connectivity index (χ1n) is 7.35. The van der Waals surface area contributed by atoms with E-state index in [0.717, 1.165) is 28.6 Å². The number of benzene rings is 2. The molecule has 0 aliphatic heterocycles. The van der Waals surface area contributed by atoms with Crippen molar-refractivity contribution < 1.29 is 8.78 Å². The Labute approximate surface area is 136 Å². The molecule has 0 aliphatic carbocycles. The van der Waals surface area contributed by atoms with E-state index in [1.807, 2.05) is 24.3 Å². The maximum Gasteiger partial charge on any atom is 0.160 e. The summed E-state index contributed by atoms with van der Waals surface area (Å²) < 4.78 is 26.9. The molecule has 0 radical (unpaired) electrons. The summed E-state index contributed by atoms with van der Waals surface area (Å²) in [6.07, 6.45) is 3.32. The molecule has 2 heterocycles. The first-order valence-corrected chi connectivity index (χ1v) is 7.35. The first kappa shape index (κ1) is 14.4. The van der Waals surface area contributed by atoms with Gasteiger partial charge in [-0.25, -0.2) is 18.7 Å². The average Bonchev–Trinajstić information content (AvgIpc) is 2.64. The van der Waals surface area contributed by atoms with Crippen molar-refractivity contribution in [3.63, 3.8) is 0 Å². The Kier molecular flexibility index (Phi) is 3.46. The van der Waals surface area contributed by atoms with Crippen LogP contribution in [0.4, 0.5) is 8.78 Å². The highest BCUT2D eigenvalue weighted by atomic mass is 19.2. The van der Waals surface area contributed by atoms with E-state index < -0.39 is 11.6 Å². The molecule has 0 atom stereocenters. The average molecular weight is 319 g/mol. The van der Waals surface area contributed by atoms with Crippen LogP contribution in [0.15, 0.2) is 67.0 Å². The monoisotopic (exact) mass is 319 g/mol. The topological polar surface area (TPSA) is 38.7 Å². The van der Waals surface area contributed by atoms with Gasteiger partial charge in [-0.2, -0.15) is 0 Å². The van der Waals surface area contributed by atoms with Gasteiger partial charge in [-0.3, -0.25) is 4.98 Å². The van der Waals surface area contributed by atoms with Gasteiger partial charge in [0, 0.05) is 28.9 Å². The van der Waals surface area contributed by atoms with E-state index in [0.29, 0.717) is 17.1 Å². The number of nitrogens with zero attached hydrogens (tertiary/aromatic N) is 3. The summed E-state index contributed by atoms with van der Waals surface area (Å²) in [5.41, 5.74) is 2.60. The molecule has 2 aromatic carbocycles. The molecular weight excluding hydrogens is 308 g/mol. The molecule has 5 heteroatoms. The van der Waals surface area contributed by atoms with Crippen LogP contribution in [0.2, 0.25) is 0 Å². The summed E-state index contributed by atoms with van der Waals surface area (Å²) in [4.78, 5) is 13.1. The van der Waals surface area contributed by atoms with E-state index in [1.54, 1.807) is 24.5 Å². The Morgan fingerprint density at radius 3 is 2.29 bits per heavy atom. The molecule has 0 fully saturated rings. The normalized spacial score (nSPS) is 10.9. The van der Waals surface area contributed by atoms with Gasteiger partial charge < -0.3 is 0 Å². The van der Waals surface area contributed by atoms with Gasteiger partial charge in [-0.15, -0.1) is 0 Å². The fourth-order valence-corrected chi connectivity index (χ4v) is 2.57. The highest BCUT2D eigenvalue weighted by molar-refractivity contribution is 5.93. The minimum absolute atomic E-state index is 0.503. The smallest absolute Gasteiger partial charge is 0.160 e. The standard InChI is InChI=1S/C19H11F2N3/c20-15-6-5-13(11-16(15)21)18-14-3-1-2-4-17(14)23-19(24-18)12-7-9-22-10-8-12/h1-11H. The molecule has 116 valence electrons. The van der Waals surface area contributed by atoms with E-state index in [-0.39, 0.29) is 0 Å². The fraction of sp³-hybridized carbons (Fsp3) is 0. The second-order valence-electron chi connectivity index (χ2n) is 5.28. The van der Waals surface area contributed by atoms with Crippen molar-refractivity contribution in [1.82, 2.24) is 15.0 Å². The lowest BCUT2D eigenvalue weighted by molar-refractivity contribution is 0.509. The number of hydrogen-bond acceptors (Lipinski definition) is 3. The van der Waals surface area contributed by atoms with Gasteiger partial charge in [0.2, 0.25) is 0 Å². The molecule has 4 aromatic rings. The van der Waals surface area contributed by atoms with Gasteiger partial charge in [-0.05, 0) is 36.4 Å². The minimum Gasteiger partial charge on any atom is -0.265 e. The van der Waals surface area contributed by atoms with Crippen molar-refractivity contribution in [3.05, 3.63) is 78.6 Å². The molecule has 0 unspecified atom stereocenters. The minimum atomic E-state index is -0.902. The number of hydrogen-bond donors (Lipinski definition) is 0. The van der Waals surface area contributed by atoms with Crippen LogP contribution < -0.4 is 0 Å². The number of fused-ring (bicyclic) bond motifs is 1. The van der Waals surface area contributed by atoms with Crippen LogP contribution in [0.25, 0.3) is 33.5 Å². The summed E-state index contributed by atoms with van der Waals surface area (Å²) in [7, 11) is 0. The third kappa shape index (κ3) is 2.50. The molecule has 0 spiro atoms. The number of halogens is 2. The Hall–Kier alpha value is -3.21. The predicted molar refractivity (Wildman–Crippen MR) is 88.1 cm³/mol. The number of para-hydroxylation sites is 1. The van der Waals surface area contributed by atoms with E-state index in [1.165, 1.54) is 6.07 Å². The van der Waals surface area contributed by atoms with Crippen molar-refractivity contribution in [2.75, 3.05) is 0 Å². The largest absolute Gasteiger partial charge is 0.265 e. The number of pyridine rings is 1. The van der Waals surface area contributed by atoms with Gasteiger partial charge in [0.05, 0.1) is 11.2 Å². The van der Waals surface area contributed by atoms with Crippen LogP contribution >= 0.6 is 0 Å². The van der Waals surface area contributed by atoms with Crippen LogP contribution in [-0.2, 0) is 0 Å². The highest BCUT2D eigenvalue weighted by Gasteiger charge is 2.13. The Morgan fingerprint density at radius 1 is 0.708 bits per heavy atom. The summed E-state index contributed by atoms with van der Waals surface area (Å²) >= 11 is 0. The first-order chi connectivity index (χ1) is 11.7. The van der Waals surface area contributed by atoms with E-state index in [2.05, 4.69) is 15.0 Å².